The van der Waals surface area contributed by atoms with Crippen LogP contribution in [0.3, 0.4) is 0 Å². The molecule has 0 spiro atoms. The van der Waals surface area contributed by atoms with E-state index in [1.54, 1.807) is 11.8 Å². The maximum absolute atomic E-state index is 11.6. The minimum absolute atomic E-state index is 0.349. The highest BCUT2D eigenvalue weighted by atomic mass is 79.9. The van der Waals surface area contributed by atoms with Gasteiger partial charge in [-0.15, -0.1) is 11.8 Å². The van der Waals surface area contributed by atoms with Crippen molar-refractivity contribution in [1.29, 1.82) is 0 Å². The lowest BCUT2D eigenvalue weighted by Crippen LogP contribution is -2.03. The second kappa shape index (κ2) is 7.13. The molecule has 0 N–H and O–H groups in total. The monoisotopic (exact) mass is 300 g/mol. The highest BCUT2D eigenvalue weighted by Crippen LogP contribution is 2.21. The summed E-state index contributed by atoms with van der Waals surface area (Å²) in [5, 5.41) is 0. The molecule has 0 heterocycles. The quantitative estimate of drug-likeness (QED) is 0.717. The number of halogens is 1. The number of hydrogen-bond donors (Lipinski definition) is 0. The van der Waals surface area contributed by atoms with Crippen LogP contribution < -0.4 is 0 Å². The van der Waals surface area contributed by atoms with Gasteiger partial charge in [0, 0.05) is 15.8 Å². The van der Waals surface area contributed by atoms with Gasteiger partial charge in [0.1, 0.15) is 5.78 Å². The van der Waals surface area contributed by atoms with Gasteiger partial charge in [0.2, 0.25) is 0 Å². The van der Waals surface area contributed by atoms with Gasteiger partial charge in [0.05, 0.1) is 5.75 Å². The first-order valence-electron chi connectivity index (χ1n) is 5.48. The number of carbonyl (C=O) groups excluding carboxylic acids is 1. The van der Waals surface area contributed by atoms with E-state index in [1.807, 2.05) is 24.3 Å². The summed E-state index contributed by atoms with van der Waals surface area (Å²) in [6.45, 7) is 4.30. The minimum Gasteiger partial charge on any atom is -0.299 e. The summed E-state index contributed by atoms with van der Waals surface area (Å²) in [6.07, 6.45) is 1.71. The second-order valence-corrected chi connectivity index (χ2v) is 6.18. The molecule has 1 nitrogen and oxygen atoms in total. The van der Waals surface area contributed by atoms with Crippen molar-refractivity contribution >= 4 is 33.5 Å². The highest BCUT2D eigenvalue weighted by molar-refractivity contribution is 9.10. The molecule has 0 bridgehead atoms. The molecule has 0 saturated heterocycles. The van der Waals surface area contributed by atoms with Crippen molar-refractivity contribution < 1.29 is 4.79 Å². The summed E-state index contributed by atoms with van der Waals surface area (Å²) < 4.78 is 1.07. The van der Waals surface area contributed by atoms with E-state index in [4.69, 9.17) is 0 Å². The Morgan fingerprint density at radius 2 is 1.94 bits per heavy atom. The van der Waals surface area contributed by atoms with Gasteiger partial charge in [-0.25, -0.2) is 0 Å². The van der Waals surface area contributed by atoms with Gasteiger partial charge < -0.3 is 0 Å². The van der Waals surface area contributed by atoms with E-state index >= 15 is 0 Å². The molecule has 16 heavy (non-hydrogen) atoms. The summed E-state index contributed by atoms with van der Waals surface area (Å²) in [5.74, 6) is 1.55. The van der Waals surface area contributed by atoms with Crippen LogP contribution in [0.15, 0.2) is 33.6 Å². The van der Waals surface area contributed by atoms with Crippen molar-refractivity contribution in [3.8, 4) is 0 Å². The SMILES string of the molecule is CC(C)CCC(=O)CSc1ccc(Br)cc1. The summed E-state index contributed by atoms with van der Waals surface area (Å²) in [7, 11) is 0. The lowest BCUT2D eigenvalue weighted by atomic mass is 10.1. The molecular formula is C13H17BrOS. The Morgan fingerprint density at radius 1 is 1.31 bits per heavy atom. The molecule has 3 heteroatoms. The van der Waals surface area contributed by atoms with Crippen molar-refractivity contribution in [2.24, 2.45) is 5.92 Å². The van der Waals surface area contributed by atoms with Crippen LogP contribution in [-0.4, -0.2) is 11.5 Å². The highest BCUT2D eigenvalue weighted by Gasteiger charge is 2.04. The molecule has 0 aliphatic carbocycles. The predicted molar refractivity (Wildman–Crippen MR) is 73.9 cm³/mol. The average Bonchev–Trinajstić information content (AvgIpc) is 2.25. The molecular weight excluding hydrogens is 284 g/mol. The third kappa shape index (κ3) is 5.71. The first kappa shape index (κ1) is 13.8. The summed E-state index contributed by atoms with van der Waals surface area (Å²) >= 11 is 5.01. The maximum atomic E-state index is 11.6. The number of thioether (sulfide) groups is 1. The van der Waals surface area contributed by atoms with Crippen LogP contribution in [0.25, 0.3) is 0 Å². The molecule has 0 radical (unpaired) electrons. The Balaban J connectivity index is 2.29. The number of ketones is 1. The van der Waals surface area contributed by atoms with Crippen molar-refractivity contribution in [2.45, 2.75) is 31.6 Å². The molecule has 1 rings (SSSR count). The fourth-order valence-corrected chi connectivity index (χ4v) is 2.28. The van der Waals surface area contributed by atoms with Crippen molar-refractivity contribution in [3.63, 3.8) is 0 Å². The average molecular weight is 301 g/mol. The number of rotatable bonds is 6. The molecule has 1 aromatic carbocycles. The van der Waals surface area contributed by atoms with Crippen LogP contribution in [-0.2, 0) is 4.79 Å². The normalized spacial score (nSPS) is 10.8. The first-order chi connectivity index (χ1) is 7.58. The number of benzene rings is 1. The number of carbonyl (C=O) groups is 1. The molecule has 88 valence electrons. The Bertz CT molecular complexity index is 332. The summed E-state index contributed by atoms with van der Waals surface area (Å²) in [4.78, 5) is 12.7. The molecule has 0 atom stereocenters. The lowest BCUT2D eigenvalue weighted by Gasteiger charge is -2.04. The van der Waals surface area contributed by atoms with E-state index in [0.717, 1.165) is 15.8 Å². The molecule has 0 aromatic heterocycles. The van der Waals surface area contributed by atoms with Crippen LogP contribution in [0.2, 0.25) is 0 Å². The topological polar surface area (TPSA) is 17.1 Å². The van der Waals surface area contributed by atoms with Crippen LogP contribution in [0, 0.1) is 5.92 Å². The van der Waals surface area contributed by atoms with Crippen molar-refractivity contribution in [3.05, 3.63) is 28.7 Å². The standard InChI is InChI=1S/C13H17BrOS/c1-10(2)3-6-12(15)9-16-13-7-4-11(14)5-8-13/h4-5,7-8,10H,3,6,9H2,1-2H3. The van der Waals surface area contributed by atoms with Gasteiger partial charge in [0.25, 0.3) is 0 Å². The van der Waals surface area contributed by atoms with Crippen LogP contribution in [0.4, 0.5) is 0 Å². The zero-order chi connectivity index (χ0) is 12.0. The third-order valence-corrected chi connectivity index (χ3v) is 3.81. The van der Waals surface area contributed by atoms with Crippen molar-refractivity contribution in [2.75, 3.05) is 5.75 Å². The van der Waals surface area contributed by atoms with Crippen molar-refractivity contribution in [1.82, 2.24) is 0 Å². The van der Waals surface area contributed by atoms with E-state index in [2.05, 4.69) is 29.8 Å². The van der Waals surface area contributed by atoms with E-state index in [1.165, 1.54) is 0 Å². The lowest BCUT2D eigenvalue weighted by molar-refractivity contribution is -0.116. The zero-order valence-corrected chi connectivity index (χ0v) is 12.1. The first-order valence-corrected chi connectivity index (χ1v) is 7.26. The Hall–Kier alpha value is -0.280. The van der Waals surface area contributed by atoms with Crippen LogP contribution in [0.1, 0.15) is 26.7 Å². The van der Waals surface area contributed by atoms with E-state index in [9.17, 15) is 4.79 Å². The smallest absolute Gasteiger partial charge is 0.143 e. The summed E-state index contributed by atoms with van der Waals surface area (Å²) in [6, 6.07) is 8.07. The molecule has 1 aromatic rings. The fourth-order valence-electron chi connectivity index (χ4n) is 1.22. The van der Waals surface area contributed by atoms with Gasteiger partial charge in [-0.2, -0.15) is 0 Å². The predicted octanol–water partition coefficient (Wildman–Crippen LogP) is 4.55. The van der Waals surface area contributed by atoms with Gasteiger partial charge in [0.15, 0.2) is 0 Å². The second-order valence-electron chi connectivity index (χ2n) is 4.21. The summed E-state index contributed by atoms with van der Waals surface area (Å²) in [5.41, 5.74) is 0. The Morgan fingerprint density at radius 3 is 2.50 bits per heavy atom. The largest absolute Gasteiger partial charge is 0.299 e. The third-order valence-electron chi connectivity index (χ3n) is 2.21. The van der Waals surface area contributed by atoms with E-state index in [-0.39, 0.29) is 0 Å². The van der Waals surface area contributed by atoms with Crippen LogP contribution >= 0.6 is 27.7 Å². The molecule has 0 unspecified atom stereocenters. The maximum Gasteiger partial charge on any atom is 0.143 e. The molecule has 0 aliphatic rings. The van der Waals surface area contributed by atoms with Gasteiger partial charge >= 0.3 is 0 Å². The van der Waals surface area contributed by atoms with Gasteiger partial charge in [-0.1, -0.05) is 29.8 Å². The number of Topliss-reactive ketones (excluding diaryl/α,β-unsaturated/α-hetero) is 1. The number of hydrogen-bond acceptors (Lipinski definition) is 2. The Labute approximate surface area is 110 Å². The van der Waals surface area contributed by atoms with E-state index in [0.29, 0.717) is 23.9 Å². The molecule has 0 saturated carbocycles. The Kier molecular flexibility index (Phi) is 6.14. The van der Waals surface area contributed by atoms with Crippen LogP contribution in [0.5, 0.6) is 0 Å². The van der Waals surface area contributed by atoms with Gasteiger partial charge in [-0.3, -0.25) is 4.79 Å². The molecule has 0 aliphatic heterocycles. The van der Waals surface area contributed by atoms with E-state index < -0.39 is 0 Å². The minimum atomic E-state index is 0.349. The van der Waals surface area contributed by atoms with Gasteiger partial charge in [-0.05, 0) is 36.6 Å². The zero-order valence-electron chi connectivity index (χ0n) is 9.70. The molecule has 0 amide bonds. The molecule has 0 fully saturated rings. The fraction of sp³-hybridized carbons (Fsp3) is 0.462.